The number of guanidine groups is 1. The first kappa shape index (κ1) is 33.4. The van der Waals surface area contributed by atoms with E-state index in [1.807, 2.05) is 0 Å². The number of aliphatic carboxylic acids is 1. The molecular weight excluding hydrogens is 415 g/mol. The average Bonchev–Trinajstić information content (AvgIpc) is 2.72. The van der Waals surface area contributed by atoms with Gasteiger partial charge >= 0.3 is 35.5 Å². The zero-order valence-corrected chi connectivity index (χ0v) is 19.9. The molecule has 0 aliphatic carbocycles. The summed E-state index contributed by atoms with van der Waals surface area (Å²) in [6.07, 6.45) is 20.4. The third kappa shape index (κ3) is 23.9. The van der Waals surface area contributed by atoms with Gasteiger partial charge in [0.1, 0.15) is 6.04 Å². The molecule has 0 rings (SSSR count). The van der Waals surface area contributed by atoms with Crippen LogP contribution in [0.1, 0.15) is 122 Å². The van der Waals surface area contributed by atoms with Crippen molar-refractivity contribution < 1.29 is 14.7 Å². The molecule has 0 bridgehead atoms. The number of unbranched alkanes of at least 4 members (excludes halogenated alkanes) is 14. The number of rotatable bonds is 22. The van der Waals surface area contributed by atoms with Gasteiger partial charge in [-0.25, -0.2) is 4.79 Å². The molecule has 8 heteroatoms. The van der Waals surface area contributed by atoms with Crippen molar-refractivity contribution in [3.8, 4) is 0 Å². The topological polar surface area (TPSA) is 128 Å². The first-order chi connectivity index (χ1) is 15.0. The van der Waals surface area contributed by atoms with Crippen LogP contribution in [0.2, 0.25) is 0 Å². The van der Waals surface area contributed by atoms with Gasteiger partial charge in [-0.05, 0) is 19.3 Å². The summed E-state index contributed by atoms with van der Waals surface area (Å²) < 4.78 is 0. The zero-order chi connectivity index (χ0) is 23.2. The van der Waals surface area contributed by atoms with Gasteiger partial charge in [0.15, 0.2) is 5.96 Å². The first-order valence-electron chi connectivity index (χ1n) is 12.6. The van der Waals surface area contributed by atoms with Crippen LogP contribution >= 0.6 is 0 Å². The second-order valence-electron chi connectivity index (χ2n) is 8.64. The third-order valence-corrected chi connectivity index (χ3v) is 5.63. The van der Waals surface area contributed by atoms with Crippen molar-refractivity contribution in [1.82, 2.24) is 10.6 Å². The molecule has 6 N–H and O–H groups in total. The Balaban J connectivity index is 0. The summed E-state index contributed by atoms with van der Waals surface area (Å²) >= 11 is 0. The van der Waals surface area contributed by atoms with Gasteiger partial charge in [0, 0.05) is 13.0 Å². The normalized spacial score (nSPS) is 11.4. The van der Waals surface area contributed by atoms with Crippen LogP contribution < -0.4 is 16.4 Å². The average molecular weight is 465 g/mol. The fourth-order valence-corrected chi connectivity index (χ4v) is 3.71. The van der Waals surface area contributed by atoms with Gasteiger partial charge in [0.25, 0.3) is 0 Å². The summed E-state index contributed by atoms with van der Waals surface area (Å²) in [6, 6.07) is -0.877. The standard InChI is InChI=1S/C24H48N4O3.Na.H/c1-2-3-4-5-6-7-8-9-10-11-12-13-14-15-16-19-22(29)28-21(23(30)31)18-17-20-27-24(25)26;;/h21H,2-20H2,1H3,(H,28,29)(H,30,31)(H4,25,26,27);;/t21-;;/m0../s1. The van der Waals surface area contributed by atoms with Crippen LogP contribution in [-0.2, 0) is 9.59 Å². The molecule has 184 valence electrons. The van der Waals surface area contributed by atoms with Gasteiger partial charge in [0.2, 0.25) is 5.91 Å². The van der Waals surface area contributed by atoms with Crippen LogP contribution in [0, 0.1) is 5.41 Å². The summed E-state index contributed by atoms with van der Waals surface area (Å²) in [7, 11) is 0. The quantitative estimate of drug-likeness (QED) is 0.0700. The van der Waals surface area contributed by atoms with Crippen molar-refractivity contribution in [2.45, 2.75) is 129 Å². The number of hydrogen-bond acceptors (Lipinski definition) is 3. The monoisotopic (exact) mass is 464 g/mol. The van der Waals surface area contributed by atoms with E-state index >= 15 is 0 Å². The summed E-state index contributed by atoms with van der Waals surface area (Å²) in [5.74, 6) is -1.35. The van der Waals surface area contributed by atoms with Crippen LogP contribution in [0.25, 0.3) is 0 Å². The van der Waals surface area contributed by atoms with Crippen molar-refractivity contribution in [2.24, 2.45) is 5.73 Å². The Morgan fingerprint density at radius 1 is 0.812 bits per heavy atom. The predicted molar refractivity (Wildman–Crippen MR) is 135 cm³/mol. The van der Waals surface area contributed by atoms with E-state index in [0.29, 0.717) is 25.8 Å². The van der Waals surface area contributed by atoms with Gasteiger partial charge in [-0.1, -0.05) is 96.8 Å². The predicted octanol–water partition coefficient (Wildman–Crippen LogP) is 4.43. The van der Waals surface area contributed by atoms with E-state index in [2.05, 4.69) is 17.6 Å². The van der Waals surface area contributed by atoms with E-state index in [4.69, 9.17) is 11.1 Å². The Morgan fingerprint density at radius 2 is 1.25 bits per heavy atom. The fourth-order valence-electron chi connectivity index (χ4n) is 3.71. The van der Waals surface area contributed by atoms with E-state index < -0.39 is 12.0 Å². The Bertz CT molecular complexity index is 478. The molecule has 0 unspecified atom stereocenters. The second-order valence-corrected chi connectivity index (χ2v) is 8.64. The molecule has 1 amide bonds. The molecule has 0 aromatic carbocycles. The van der Waals surface area contributed by atoms with Crippen LogP contribution in [0.5, 0.6) is 0 Å². The van der Waals surface area contributed by atoms with Gasteiger partial charge in [-0.15, -0.1) is 0 Å². The number of carbonyl (C=O) groups excluding carboxylic acids is 1. The van der Waals surface area contributed by atoms with Gasteiger partial charge in [-0.2, -0.15) is 0 Å². The maximum atomic E-state index is 12.0. The molecule has 0 fully saturated rings. The Kier molecular flexibility index (Phi) is 25.9. The Morgan fingerprint density at radius 3 is 1.66 bits per heavy atom. The summed E-state index contributed by atoms with van der Waals surface area (Å²) in [6.45, 7) is 2.68. The molecule has 0 saturated heterocycles. The molecular formula is C24H49N4NaO3. The number of carboxylic acids is 1. The van der Waals surface area contributed by atoms with Crippen molar-refractivity contribution in [2.75, 3.05) is 6.54 Å². The number of carbonyl (C=O) groups is 2. The first-order valence-corrected chi connectivity index (χ1v) is 12.6. The molecule has 1 atom stereocenters. The SMILES string of the molecule is CCCCCCCCCCCCCCCCCC(=O)N[C@@H](CCCNC(=N)N)C(=O)O.[NaH]. The minimum atomic E-state index is -1.02. The third-order valence-electron chi connectivity index (χ3n) is 5.63. The molecule has 32 heavy (non-hydrogen) atoms. The molecule has 0 aliphatic rings. The molecule has 7 nitrogen and oxygen atoms in total. The summed E-state index contributed by atoms with van der Waals surface area (Å²) in [5, 5.41) is 21.5. The van der Waals surface area contributed by atoms with Crippen molar-refractivity contribution in [3.05, 3.63) is 0 Å². The van der Waals surface area contributed by atoms with Crippen LogP contribution in [0.3, 0.4) is 0 Å². The summed E-state index contributed by atoms with van der Waals surface area (Å²) in [4.78, 5) is 23.3. The molecule has 0 radical (unpaired) electrons. The molecule has 0 heterocycles. The molecule has 0 aliphatic heterocycles. The van der Waals surface area contributed by atoms with Crippen molar-refractivity contribution in [1.29, 1.82) is 5.41 Å². The molecule has 0 aromatic rings. The van der Waals surface area contributed by atoms with Gasteiger partial charge in [-0.3, -0.25) is 10.2 Å². The maximum absolute atomic E-state index is 12.0. The Hall–Kier alpha value is -0.790. The Labute approximate surface area is 218 Å². The van der Waals surface area contributed by atoms with Crippen molar-refractivity contribution in [3.63, 3.8) is 0 Å². The number of hydrogen-bond donors (Lipinski definition) is 5. The minimum absolute atomic E-state index is 0. The fraction of sp³-hybridized carbons (Fsp3) is 0.875. The molecule has 0 spiro atoms. The van der Waals surface area contributed by atoms with Crippen LogP contribution in [0.15, 0.2) is 0 Å². The van der Waals surface area contributed by atoms with Gasteiger partial charge in [0.05, 0.1) is 0 Å². The number of nitrogens with two attached hydrogens (primary N) is 1. The number of carboxylic acid groups (broad SMARTS) is 1. The number of amides is 1. The second kappa shape index (κ2) is 24.8. The molecule has 0 aromatic heterocycles. The van der Waals surface area contributed by atoms with Gasteiger partial charge < -0.3 is 21.5 Å². The van der Waals surface area contributed by atoms with E-state index in [1.54, 1.807) is 0 Å². The zero-order valence-electron chi connectivity index (χ0n) is 19.9. The van der Waals surface area contributed by atoms with Crippen LogP contribution in [-0.4, -0.2) is 65.1 Å². The van der Waals surface area contributed by atoms with E-state index in [9.17, 15) is 14.7 Å². The van der Waals surface area contributed by atoms with Crippen molar-refractivity contribution >= 4 is 47.4 Å². The molecule has 0 saturated carbocycles. The van der Waals surface area contributed by atoms with E-state index in [0.717, 1.165) is 19.3 Å². The summed E-state index contributed by atoms with van der Waals surface area (Å²) in [5.41, 5.74) is 5.18. The van der Waals surface area contributed by atoms with E-state index in [-0.39, 0.29) is 41.4 Å². The van der Waals surface area contributed by atoms with E-state index in [1.165, 1.54) is 77.0 Å². The van der Waals surface area contributed by atoms with Crippen LogP contribution in [0.4, 0.5) is 0 Å². The number of nitrogens with one attached hydrogen (secondary N) is 3.